The first-order valence-corrected chi connectivity index (χ1v) is 6.95. The molecule has 0 aromatic heterocycles. The van der Waals surface area contributed by atoms with Gasteiger partial charge in [-0.1, -0.05) is 0 Å². The van der Waals surface area contributed by atoms with Crippen molar-refractivity contribution in [3.63, 3.8) is 0 Å². The zero-order valence-electron chi connectivity index (χ0n) is 12.3. The Hall–Kier alpha value is -0.610. The fourth-order valence-corrected chi connectivity index (χ4v) is 2.56. The molecule has 1 N–H and O–H groups in total. The summed E-state index contributed by atoms with van der Waals surface area (Å²) in [5.41, 5.74) is -0.592. The van der Waals surface area contributed by atoms with Crippen molar-refractivity contribution in [1.29, 1.82) is 0 Å². The number of likely N-dealkylation sites (N-methyl/N-ethyl adjacent to an activating group) is 2. The van der Waals surface area contributed by atoms with Crippen LogP contribution in [0, 0.1) is 5.41 Å². The van der Waals surface area contributed by atoms with Gasteiger partial charge in [-0.15, -0.1) is 0 Å². The van der Waals surface area contributed by atoms with Crippen molar-refractivity contribution in [3.8, 4) is 0 Å². The second-order valence-corrected chi connectivity index (χ2v) is 6.33. The van der Waals surface area contributed by atoms with E-state index < -0.39 is 11.4 Å². The average Bonchev–Trinajstić information content (AvgIpc) is 2.64. The van der Waals surface area contributed by atoms with E-state index in [1.54, 1.807) is 13.8 Å². The Kier molecular flexibility index (Phi) is 5.60. The average molecular weight is 256 g/mol. The highest BCUT2D eigenvalue weighted by molar-refractivity contribution is 5.73. The Morgan fingerprint density at radius 1 is 1.50 bits per heavy atom. The van der Waals surface area contributed by atoms with Crippen molar-refractivity contribution in [2.45, 2.75) is 45.6 Å². The van der Waals surface area contributed by atoms with E-state index in [1.165, 1.54) is 19.4 Å². The summed E-state index contributed by atoms with van der Waals surface area (Å²) in [5, 5.41) is 9.05. The lowest BCUT2D eigenvalue weighted by molar-refractivity contribution is -0.147. The Bertz CT molecular complexity index is 279. The molecule has 1 atom stereocenters. The van der Waals surface area contributed by atoms with Crippen LogP contribution in [0.4, 0.5) is 0 Å². The fraction of sp³-hybridized carbons (Fsp3) is 0.929. The third-order valence-electron chi connectivity index (χ3n) is 4.11. The van der Waals surface area contributed by atoms with Crippen LogP contribution in [0.3, 0.4) is 0 Å². The lowest BCUT2D eigenvalue weighted by Crippen LogP contribution is -2.37. The minimum atomic E-state index is -0.694. The van der Waals surface area contributed by atoms with Crippen molar-refractivity contribution >= 4 is 5.97 Å². The molecule has 0 amide bonds. The molecule has 0 aromatic rings. The van der Waals surface area contributed by atoms with Crippen molar-refractivity contribution < 1.29 is 9.90 Å². The van der Waals surface area contributed by atoms with Gasteiger partial charge >= 0.3 is 5.97 Å². The molecule has 0 aromatic carbocycles. The fourth-order valence-electron chi connectivity index (χ4n) is 2.56. The number of likely N-dealkylation sites (tertiary alicyclic amines) is 1. The summed E-state index contributed by atoms with van der Waals surface area (Å²) in [6.45, 7) is 6.91. The van der Waals surface area contributed by atoms with Gasteiger partial charge in [-0.2, -0.15) is 0 Å². The molecule has 1 heterocycles. The molecule has 0 spiro atoms. The molecule has 1 fully saturated rings. The number of rotatable bonds is 7. The van der Waals surface area contributed by atoms with Gasteiger partial charge in [-0.3, -0.25) is 4.79 Å². The smallest absolute Gasteiger partial charge is 0.309 e. The Morgan fingerprint density at radius 3 is 2.67 bits per heavy atom. The van der Waals surface area contributed by atoms with Crippen LogP contribution in [-0.2, 0) is 4.79 Å². The van der Waals surface area contributed by atoms with E-state index in [-0.39, 0.29) is 0 Å². The van der Waals surface area contributed by atoms with Crippen LogP contribution >= 0.6 is 0 Å². The summed E-state index contributed by atoms with van der Waals surface area (Å²) in [5.74, 6) is -0.694. The maximum absolute atomic E-state index is 11.0. The third-order valence-corrected chi connectivity index (χ3v) is 4.11. The molecular weight excluding hydrogens is 228 g/mol. The van der Waals surface area contributed by atoms with Crippen molar-refractivity contribution in [2.75, 3.05) is 33.7 Å². The maximum atomic E-state index is 11.0. The molecule has 0 aliphatic carbocycles. The van der Waals surface area contributed by atoms with Gasteiger partial charge in [0, 0.05) is 12.6 Å². The molecule has 1 saturated heterocycles. The quantitative estimate of drug-likeness (QED) is 0.755. The molecule has 0 saturated carbocycles. The number of aliphatic carboxylic acids is 1. The standard InChI is InChI=1S/C14H28N2O2/c1-14(2,13(17)18)8-6-9-15(3)11-12-7-5-10-16(12)4/h12H,5-11H2,1-4H3,(H,17,18). The normalized spacial score (nSPS) is 21.7. The predicted octanol–water partition coefficient (Wildman–Crippen LogP) is 1.90. The molecule has 1 aliphatic heterocycles. The predicted molar refractivity (Wildman–Crippen MR) is 73.8 cm³/mol. The lowest BCUT2D eigenvalue weighted by atomic mass is 9.88. The minimum Gasteiger partial charge on any atom is -0.481 e. The van der Waals surface area contributed by atoms with Gasteiger partial charge in [-0.25, -0.2) is 0 Å². The maximum Gasteiger partial charge on any atom is 0.309 e. The van der Waals surface area contributed by atoms with Gasteiger partial charge < -0.3 is 14.9 Å². The molecule has 18 heavy (non-hydrogen) atoms. The number of nitrogens with zero attached hydrogens (tertiary/aromatic N) is 2. The van der Waals surface area contributed by atoms with Crippen LogP contribution in [-0.4, -0.2) is 60.6 Å². The Morgan fingerprint density at radius 2 is 2.17 bits per heavy atom. The van der Waals surface area contributed by atoms with Gasteiger partial charge in [0.2, 0.25) is 0 Å². The summed E-state index contributed by atoms with van der Waals surface area (Å²) in [4.78, 5) is 15.8. The number of carboxylic acid groups (broad SMARTS) is 1. The molecule has 4 nitrogen and oxygen atoms in total. The SMILES string of the molecule is CN(CCCC(C)(C)C(=O)O)CC1CCCN1C. The third kappa shape index (κ3) is 4.58. The number of hydrogen-bond acceptors (Lipinski definition) is 3. The summed E-state index contributed by atoms with van der Waals surface area (Å²) in [6.07, 6.45) is 4.29. The van der Waals surface area contributed by atoms with Gasteiger partial charge in [0.25, 0.3) is 0 Å². The van der Waals surface area contributed by atoms with E-state index in [1.807, 2.05) is 0 Å². The van der Waals surface area contributed by atoms with E-state index in [9.17, 15) is 4.79 Å². The van der Waals surface area contributed by atoms with Gasteiger partial charge in [0.05, 0.1) is 5.41 Å². The van der Waals surface area contributed by atoms with Crippen LogP contribution in [0.15, 0.2) is 0 Å². The monoisotopic (exact) mass is 256 g/mol. The van der Waals surface area contributed by atoms with Crippen LogP contribution in [0.25, 0.3) is 0 Å². The van der Waals surface area contributed by atoms with E-state index in [0.29, 0.717) is 6.04 Å². The molecule has 0 bridgehead atoms. The molecule has 106 valence electrons. The first-order valence-electron chi connectivity index (χ1n) is 6.95. The van der Waals surface area contributed by atoms with Gasteiger partial charge in [0.15, 0.2) is 0 Å². The number of hydrogen-bond donors (Lipinski definition) is 1. The largest absolute Gasteiger partial charge is 0.481 e. The van der Waals surface area contributed by atoms with Crippen LogP contribution in [0.5, 0.6) is 0 Å². The van der Waals surface area contributed by atoms with Gasteiger partial charge in [0.1, 0.15) is 0 Å². The van der Waals surface area contributed by atoms with Crippen LogP contribution in [0.2, 0.25) is 0 Å². The molecule has 4 heteroatoms. The second-order valence-electron chi connectivity index (χ2n) is 6.33. The highest BCUT2D eigenvalue weighted by Crippen LogP contribution is 2.22. The van der Waals surface area contributed by atoms with Crippen molar-refractivity contribution in [2.24, 2.45) is 5.41 Å². The topological polar surface area (TPSA) is 43.8 Å². The molecular formula is C14H28N2O2. The first-order chi connectivity index (χ1) is 8.33. The molecule has 1 rings (SSSR count). The number of carboxylic acids is 1. The highest BCUT2D eigenvalue weighted by atomic mass is 16.4. The highest BCUT2D eigenvalue weighted by Gasteiger charge is 2.27. The Labute approximate surface area is 111 Å². The molecule has 1 aliphatic rings. The van der Waals surface area contributed by atoms with Crippen LogP contribution in [0.1, 0.15) is 39.5 Å². The summed E-state index contributed by atoms with van der Waals surface area (Å²) in [7, 11) is 4.33. The van der Waals surface area contributed by atoms with E-state index >= 15 is 0 Å². The van der Waals surface area contributed by atoms with Gasteiger partial charge in [-0.05, 0) is 66.7 Å². The van der Waals surface area contributed by atoms with Crippen molar-refractivity contribution in [3.05, 3.63) is 0 Å². The first kappa shape index (κ1) is 15.4. The Balaban J connectivity index is 2.21. The zero-order valence-corrected chi connectivity index (χ0v) is 12.3. The van der Waals surface area contributed by atoms with E-state index in [0.717, 1.165) is 25.9 Å². The van der Waals surface area contributed by atoms with Crippen molar-refractivity contribution in [1.82, 2.24) is 9.80 Å². The lowest BCUT2D eigenvalue weighted by Gasteiger charge is -2.26. The molecule has 0 radical (unpaired) electrons. The number of carbonyl (C=O) groups is 1. The van der Waals surface area contributed by atoms with Crippen LogP contribution < -0.4 is 0 Å². The zero-order chi connectivity index (χ0) is 13.8. The second kappa shape index (κ2) is 6.53. The molecule has 1 unspecified atom stereocenters. The van der Waals surface area contributed by atoms with E-state index in [4.69, 9.17) is 5.11 Å². The summed E-state index contributed by atoms with van der Waals surface area (Å²) >= 11 is 0. The summed E-state index contributed by atoms with van der Waals surface area (Å²) in [6, 6.07) is 0.683. The van der Waals surface area contributed by atoms with E-state index in [2.05, 4.69) is 23.9 Å². The summed E-state index contributed by atoms with van der Waals surface area (Å²) < 4.78 is 0. The minimum absolute atomic E-state index is 0.592.